The number of amides is 2. The van der Waals surface area contributed by atoms with Crippen LogP contribution >= 0.6 is 0 Å². The Hall–Kier alpha value is -2.61. The predicted octanol–water partition coefficient (Wildman–Crippen LogP) is 1.75. The number of aromatic nitrogens is 2. The summed E-state index contributed by atoms with van der Waals surface area (Å²) in [4.78, 5) is 24.6. The van der Waals surface area contributed by atoms with E-state index in [9.17, 15) is 9.59 Å². The van der Waals surface area contributed by atoms with Crippen LogP contribution in [-0.2, 0) is 24.3 Å². The summed E-state index contributed by atoms with van der Waals surface area (Å²) >= 11 is 0. The number of fused-ring (bicyclic) bond motifs is 1. The summed E-state index contributed by atoms with van der Waals surface area (Å²) in [5.74, 6) is 0.800. The first-order valence-corrected chi connectivity index (χ1v) is 9.19. The lowest BCUT2D eigenvalue weighted by atomic mass is 9.94. The van der Waals surface area contributed by atoms with E-state index in [2.05, 4.69) is 15.7 Å². The summed E-state index contributed by atoms with van der Waals surface area (Å²) < 4.78 is 12.3. The predicted molar refractivity (Wildman–Crippen MR) is 98.4 cm³/mol. The van der Waals surface area contributed by atoms with Crippen molar-refractivity contribution in [1.82, 2.24) is 20.4 Å². The van der Waals surface area contributed by atoms with Crippen molar-refractivity contribution in [3.63, 3.8) is 0 Å². The van der Waals surface area contributed by atoms with Crippen LogP contribution in [-0.4, -0.2) is 41.3 Å². The lowest BCUT2D eigenvalue weighted by Crippen LogP contribution is -2.35. The van der Waals surface area contributed by atoms with Crippen molar-refractivity contribution in [3.05, 3.63) is 41.1 Å². The van der Waals surface area contributed by atoms with Crippen molar-refractivity contribution >= 4 is 11.8 Å². The third-order valence-corrected chi connectivity index (χ3v) is 4.57. The highest BCUT2D eigenvalue weighted by Gasteiger charge is 2.26. The number of hydrogen-bond donors (Lipinski definition) is 2. The maximum atomic E-state index is 12.3. The molecular weight excluding hydrogens is 348 g/mol. The fourth-order valence-corrected chi connectivity index (χ4v) is 3.25. The van der Waals surface area contributed by atoms with Gasteiger partial charge in [0.05, 0.1) is 17.5 Å². The van der Waals surface area contributed by atoms with E-state index in [0.717, 1.165) is 18.7 Å². The molecule has 2 aromatic rings. The van der Waals surface area contributed by atoms with E-state index < -0.39 is 0 Å². The molecule has 0 bridgehead atoms. The molecule has 0 radical (unpaired) electrons. The average Bonchev–Trinajstić information content (AvgIpc) is 3.26. The zero-order valence-electron chi connectivity index (χ0n) is 15.9. The zero-order valence-corrected chi connectivity index (χ0v) is 15.9. The van der Waals surface area contributed by atoms with Crippen molar-refractivity contribution in [2.45, 2.75) is 45.9 Å². The highest BCUT2D eigenvalue weighted by molar-refractivity contribution is 5.95. The first-order valence-electron chi connectivity index (χ1n) is 9.19. The fraction of sp³-hybridized carbons (Fsp3) is 0.526. The molecule has 1 aliphatic rings. The second-order valence-electron chi connectivity index (χ2n) is 7.12. The summed E-state index contributed by atoms with van der Waals surface area (Å²) in [6, 6.07) is 3.45. The number of nitrogens with zero attached hydrogens (tertiary/aromatic N) is 2. The SMILES string of the molecule is COCc1ccc(C(=O)NC[C@@H]2CCn3ncc(C(=O)NC(C)C)c3C2)o1. The van der Waals surface area contributed by atoms with Crippen molar-refractivity contribution < 1.29 is 18.7 Å². The minimum Gasteiger partial charge on any atom is -0.453 e. The molecule has 0 saturated carbocycles. The standard InChI is InChI=1S/C19H26N4O4/c1-12(2)22-18(24)15-10-21-23-7-6-13(8-16(15)23)9-20-19(25)17-5-4-14(27-17)11-26-3/h4-5,10,12-13H,6-9,11H2,1-3H3,(H,20,25)(H,22,24)/t13-/m1/s1. The van der Waals surface area contributed by atoms with Gasteiger partial charge in [-0.3, -0.25) is 14.3 Å². The maximum absolute atomic E-state index is 12.3. The molecule has 0 unspecified atom stereocenters. The quantitative estimate of drug-likeness (QED) is 0.769. The molecule has 0 saturated heterocycles. The van der Waals surface area contributed by atoms with Gasteiger partial charge in [0.15, 0.2) is 5.76 Å². The first-order chi connectivity index (χ1) is 13.0. The van der Waals surface area contributed by atoms with E-state index in [1.165, 1.54) is 0 Å². The lowest BCUT2D eigenvalue weighted by molar-refractivity contribution is 0.0904. The summed E-state index contributed by atoms with van der Waals surface area (Å²) in [5, 5.41) is 10.2. The minimum absolute atomic E-state index is 0.0722. The normalized spacial score (nSPS) is 16.2. The van der Waals surface area contributed by atoms with Crippen LogP contribution in [0.3, 0.4) is 0 Å². The van der Waals surface area contributed by atoms with E-state index in [-0.39, 0.29) is 29.5 Å². The first kappa shape index (κ1) is 19.2. The van der Waals surface area contributed by atoms with E-state index in [0.29, 0.717) is 30.9 Å². The molecule has 0 fully saturated rings. The fourth-order valence-electron chi connectivity index (χ4n) is 3.25. The Kier molecular flexibility index (Phi) is 5.95. The van der Waals surface area contributed by atoms with E-state index in [1.807, 2.05) is 18.5 Å². The van der Waals surface area contributed by atoms with Gasteiger partial charge in [-0.15, -0.1) is 0 Å². The van der Waals surface area contributed by atoms with E-state index in [1.54, 1.807) is 25.4 Å². The maximum Gasteiger partial charge on any atom is 0.287 e. The molecule has 2 aromatic heterocycles. The van der Waals surface area contributed by atoms with Gasteiger partial charge in [-0.2, -0.15) is 5.10 Å². The Morgan fingerprint density at radius 1 is 1.37 bits per heavy atom. The molecule has 3 heterocycles. The third kappa shape index (κ3) is 4.57. The van der Waals surface area contributed by atoms with Crippen LogP contribution in [0.1, 0.15) is 52.6 Å². The number of methoxy groups -OCH3 is 1. The topological polar surface area (TPSA) is 98.4 Å². The van der Waals surface area contributed by atoms with Crippen molar-refractivity contribution in [1.29, 1.82) is 0 Å². The molecule has 2 amide bonds. The van der Waals surface area contributed by atoms with Gasteiger partial charge in [0.1, 0.15) is 12.4 Å². The number of hydrogen-bond acceptors (Lipinski definition) is 5. The van der Waals surface area contributed by atoms with Gasteiger partial charge >= 0.3 is 0 Å². The Morgan fingerprint density at radius 3 is 2.93 bits per heavy atom. The minimum atomic E-state index is -0.241. The van der Waals surface area contributed by atoms with E-state index in [4.69, 9.17) is 9.15 Å². The molecule has 8 heteroatoms. The molecule has 27 heavy (non-hydrogen) atoms. The van der Waals surface area contributed by atoms with Crippen LogP contribution in [0.2, 0.25) is 0 Å². The number of furan rings is 1. The number of rotatable bonds is 7. The average molecular weight is 374 g/mol. The Balaban J connectivity index is 1.58. The van der Waals surface area contributed by atoms with Crippen LogP contribution in [0.4, 0.5) is 0 Å². The smallest absolute Gasteiger partial charge is 0.287 e. The summed E-state index contributed by atoms with van der Waals surface area (Å²) in [5.41, 5.74) is 1.55. The summed E-state index contributed by atoms with van der Waals surface area (Å²) in [6.07, 6.45) is 3.23. The van der Waals surface area contributed by atoms with Crippen LogP contribution in [0.25, 0.3) is 0 Å². The highest BCUT2D eigenvalue weighted by Crippen LogP contribution is 2.23. The van der Waals surface area contributed by atoms with Gasteiger partial charge in [-0.25, -0.2) is 0 Å². The van der Waals surface area contributed by atoms with Crippen molar-refractivity contribution in [2.75, 3.05) is 13.7 Å². The van der Waals surface area contributed by atoms with Crippen LogP contribution in [0.15, 0.2) is 22.7 Å². The largest absolute Gasteiger partial charge is 0.453 e. The van der Waals surface area contributed by atoms with Gasteiger partial charge in [0, 0.05) is 26.2 Å². The molecule has 8 nitrogen and oxygen atoms in total. The number of carbonyl (C=O) groups excluding carboxylic acids is 2. The zero-order chi connectivity index (χ0) is 19.4. The van der Waals surface area contributed by atoms with Gasteiger partial charge in [-0.05, 0) is 44.7 Å². The van der Waals surface area contributed by atoms with Crippen LogP contribution in [0.5, 0.6) is 0 Å². The van der Waals surface area contributed by atoms with Gasteiger partial charge in [-0.1, -0.05) is 0 Å². The Morgan fingerprint density at radius 2 is 2.19 bits per heavy atom. The molecule has 2 N–H and O–H groups in total. The molecule has 1 atom stereocenters. The van der Waals surface area contributed by atoms with Crippen LogP contribution < -0.4 is 10.6 Å². The molecular formula is C19H26N4O4. The Labute approximate surface area is 158 Å². The van der Waals surface area contributed by atoms with E-state index >= 15 is 0 Å². The molecule has 0 aliphatic carbocycles. The number of aryl methyl sites for hydroxylation is 1. The molecule has 3 rings (SSSR count). The van der Waals surface area contributed by atoms with Gasteiger partial charge < -0.3 is 19.8 Å². The lowest BCUT2D eigenvalue weighted by Gasteiger charge is -2.24. The van der Waals surface area contributed by atoms with Gasteiger partial charge in [0.25, 0.3) is 11.8 Å². The molecule has 0 aromatic carbocycles. The van der Waals surface area contributed by atoms with Crippen LogP contribution in [0, 0.1) is 5.92 Å². The second-order valence-corrected chi connectivity index (χ2v) is 7.12. The number of ether oxygens (including phenoxy) is 1. The van der Waals surface area contributed by atoms with Crippen molar-refractivity contribution in [2.24, 2.45) is 5.92 Å². The summed E-state index contributed by atoms with van der Waals surface area (Å²) in [6.45, 7) is 5.46. The van der Waals surface area contributed by atoms with Gasteiger partial charge in [0.2, 0.25) is 0 Å². The third-order valence-electron chi connectivity index (χ3n) is 4.57. The molecule has 1 aliphatic heterocycles. The monoisotopic (exact) mass is 374 g/mol. The molecule has 0 spiro atoms. The summed E-state index contributed by atoms with van der Waals surface area (Å²) in [7, 11) is 1.58. The Bertz CT molecular complexity index is 808. The number of nitrogens with one attached hydrogen (secondary N) is 2. The molecule has 146 valence electrons. The highest BCUT2D eigenvalue weighted by atomic mass is 16.5. The number of carbonyl (C=O) groups is 2. The van der Waals surface area contributed by atoms with Crippen molar-refractivity contribution in [3.8, 4) is 0 Å². The second kappa shape index (κ2) is 8.39.